The molecule has 1 aromatic heterocycles. The monoisotopic (exact) mass is 467 g/mol. The predicted octanol–water partition coefficient (Wildman–Crippen LogP) is 4.09. The number of hydrogen-bond donors (Lipinski definition) is 2. The normalized spacial score (nSPS) is 18.5. The average Bonchev–Trinajstić information content (AvgIpc) is 3.24. The molecule has 2 aromatic carbocycles. The van der Waals surface area contributed by atoms with Crippen LogP contribution in [-0.4, -0.2) is 34.2 Å². The summed E-state index contributed by atoms with van der Waals surface area (Å²) in [5.41, 5.74) is -0.196. The molecular formula is C22H21ClF3N3O3. The van der Waals surface area contributed by atoms with Crippen molar-refractivity contribution in [1.82, 2.24) is 9.97 Å². The maximum absolute atomic E-state index is 13.8. The Morgan fingerprint density at radius 1 is 1.22 bits per heavy atom. The molecule has 1 aliphatic heterocycles. The van der Waals surface area contributed by atoms with Gasteiger partial charge >= 0.3 is 6.18 Å². The van der Waals surface area contributed by atoms with Crippen molar-refractivity contribution in [3.63, 3.8) is 0 Å². The van der Waals surface area contributed by atoms with Gasteiger partial charge in [-0.1, -0.05) is 18.2 Å². The number of aromatic nitrogens is 2. The molecule has 0 spiro atoms. The number of aromatic amines is 1. The molecule has 3 aromatic rings. The number of H-pyrrole nitrogens is 1. The highest BCUT2D eigenvalue weighted by Gasteiger charge is 2.42. The SMILES string of the molecule is COc1ccc([C@@H]2Cc3c(cccc3C(F)(F)F)N(Cc3ncc[nH]3)C(=O)[C@@H]2O)cc1.Cl. The molecule has 2 heterocycles. The second-order valence-corrected chi connectivity index (χ2v) is 7.29. The van der Waals surface area contributed by atoms with E-state index in [0.717, 1.165) is 11.0 Å². The molecule has 2 N–H and O–H groups in total. The highest BCUT2D eigenvalue weighted by atomic mass is 35.5. The Bertz CT molecular complexity index is 1070. The number of carbonyl (C=O) groups excluding carboxylic acids is 1. The van der Waals surface area contributed by atoms with Gasteiger partial charge in [0.15, 0.2) is 0 Å². The van der Waals surface area contributed by atoms with Crippen LogP contribution in [0.1, 0.15) is 28.4 Å². The van der Waals surface area contributed by atoms with Gasteiger partial charge in [0.2, 0.25) is 0 Å². The van der Waals surface area contributed by atoms with Gasteiger partial charge in [-0.3, -0.25) is 4.79 Å². The minimum absolute atomic E-state index is 0. The zero-order chi connectivity index (χ0) is 22.2. The Kier molecular flexibility index (Phi) is 6.80. The summed E-state index contributed by atoms with van der Waals surface area (Å²) in [5, 5.41) is 10.9. The molecular weight excluding hydrogens is 447 g/mol. The molecule has 32 heavy (non-hydrogen) atoms. The van der Waals surface area contributed by atoms with E-state index in [2.05, 4.69) is 9.97 Å². The smallest absolute Gasteiger partial charge is 0.416 e. The maximum atomic E-state index is 13.8. The van der Waals surface area contributed by atoms with Gasteiger partial charge in [-0.25, -0.2) is 4.98 Å². The summed E-state index contributed by atoms with van der Waals surface area (Å²) < 4.78 is 46.6. The fraction of sp³-hybridized carbons (Fsp3) is 0.273. The van der Waals surface area contributed by atoms with Crippen LogP contribution in [0.15, 0.2) is 54.9 Å². The zero-order valence-electron chi connectivity index (χ0n) is 17.0. The van der Waals surface area contributed by atoms with E-state index < -0.39 is 29.7 Å². The number of anilines is 1. The van der Waals surface area contributed by atoms with Gasteiger partial charge in [-0.05, 0) is 41.8 Å². The van der Waals surface area contributed by atoms with E-state index in [4.69, 9.17) is 4.74 Å². The molecule has 0 fully saturated rings. The van der Waals surface area contributed by atoms with Gasteiger partial charge in [-0.15, -0.1) is 12.4 Å². The van der Waals surface area contributed by atoms with Crippen LogP contribution in [0.2, 0.25) is 0 Å². The highest BCUT2D eigenvalue weighted by molar-refractivity contribution is 5.98. The Morgan fingerprint density at radius 2 is 1.94 bits per heavy atom. The van der Waals surface area contributed by atoms with E-state index in [1.54, 1.807) is 30.5 Å². The van der Waals surface area contributed by atoms with Crippen molar-refractivity contribution in [3.8, 4) is 5.75 Å². The minimum Gasteiger partial charge on any atom is -0.497 e. The summed E-state index contributed by atoms with van der Waals surface area (Å²) in [5.74, 6) is -0.585. The van der Waals surface area contributed by atoms with Gasteiger partial charge in [0.25, 0.3) is 5.91 Å². The van der Waals surface area contributed by atoms with Crippen molar-refractivity contribution < 1.29 is 27.8 Å². The number of nitrogens with one attached hydrogen (secondary N) is 1. The molecule has 0 unspecified atom stereocenters. The van der Waals surface area contributed by atoms with E-state index in [0.29, 0.717) is 17.1 Å². The van der Waals surface area contributed by atoms with Crippen LogP contribution >= 0.6 is 12.4 Å². The van der Waals surface area contributed by atoms with E-state index >= 15 is 0 Å². The lowest BCUT2D eigenvalue weighted by atomic mass is 9.86. The number of fused-ring (bicyclic) bond motifs is 1. The molecule has 0 aliphatic carbocycles. The van der Waals surface area contributed by atoms with Crippen LogP contribution in [0.25, 0.3) is 0 Å². The van der Waals surface area contributed by atoms with Crippen LogP contribution in [0, 0.1) is 0 Å². The Balaban J connectivity index is 0.00000289. The first-order valence-corrected chi connectivity index (χ1v) is 9.60. The lowest BCUT2D eigenvalue weighted by Gasteiger charge is -2.25. The number of methoxy groups -OCH3 is 1. The standard InChI is InChI=1S/C22H20F3N3O3.ClH/c1-31-14-7-5-13(6-8-14)15-11-16-17(22(23,24)25)3-2-4-18(16)28(21(30)20(15)29)12-19-26-9-10-27-19;/h2-10,15,20,29H,11-12H2,1H3,(H,26,27);1H/t15-,20+;/m0./s1. The Morgan fingerprint density at radius 3 is 2.53 bits per heavy atom. The molecule has 0 radical (unpaired) electrons. The molecule has 1 amide bonds. The largest absolute Gasteiger partial charge is 0.497 e. The van der Waals surface area contributed by atoms with Crippen LogP contribution in [0.5, 0.6) is 5.75 Å². The third kappa shape index (κ3) is 4.44. The van der Waals surface area contributed by atoms with E-state index in [9.17, 15) is 23.1 Å². The number of alkyl halides is 3. The first-order chi connectivity index (χ1) is 14.8. The fourth-order valence-corrected chi connectivity index (χ4v) is 3.94. The summed E-state index contributed by atoms with van der Waals surface area (Å²) in [7, 11) is 1.50. The number of benzene rings is 2. The third-order valence-corrected chi connectivity index (χ3v) is 5.48. The maximum Gasteiger partial charge on any atom is 0.416 e. The zero-order valence-corrected chi connectivity index (χ0v) is 17.8. The number of hydrogen-bond acceptors (Lipinski definition) is 4. The highest BCUT2D eigenvalue weighted by Crippen LogP contribution is 2.42. The molecule has 2 atom stereocenters. The number of nitrogens with zero attached hydrogens (tertiary/aromatic N) is 2. The molecule has 0 bridgehead atoms. The molecule has 1 aliphatic rings. The first-order valence-electron chi connectivity index (χ1n) is 9.60. The quantitative estimate of drug-likeness (QED) is 0.605. The van der Waals surface area contributed by atoms with Gasteiger partial charge in [-0.2, -0.15) is 13.2 Å². The van der Waals surface area contributed by atoms with Crippen molar-refractivity contribution in [2.24, 2.45) is 0 Å². The lowest BCUT2D eigenvalue weighted by molar-refractivity contribution is -0.138. The predicted molar refractivity (Wildman–Crippen MR) is 114 cm³/mol. The van der Waals surface area contributed by atoms with Crippen LogP contribution in [-0.2, 0) is 23.9 Å². The van der Waals surface area contributed by atoms with Crippen LogP contribution in [0.3, 0.4) is 0 Å². The average molecular weight is 468 g/mol. The summed E-state index contributed by atoms with van der Waals surface area (Å²) in [6.45, 7) is -0.0907. The number of rotatable bonds is 4. The van der Waals surface area contributed by atoms with Gasteiger partial charge < -0.3 is 19.7 Å². The summed E-state index contributed by atoms with van der Waals surface area (Å²) in [6, 6.07) is 10.3. The van der Waals surface area contributed by atoms with Crippen molar-refractivity contribution >= 4 is 24.0 Å². The van der Waals surface area contributed by atoms with Crippen molar-refractivity contribution in [1.29, 1.82) is 0 Å². The van der Waals surface area contributed by atoms with Crippen LogP contribution in [0.4, 0.5) is 18.9 Å². The van der Waals surface area contributed by atoms with E-state index in [-0.39, 0.29) is 36.6 Å². The van der Waals surface area contributed by atoms with Crippen molar-refractivity contribution in [2.45, 2.75) is 31.2 Å². The Labute approximate surface area is 188 Å². The molecule has 0 saturated heterocycles. The van der Waals surface area contributed by atoms with Gasteiger partial charge in [0.05, 0.1) is 19.2 Å². The number of imidazole rings is 1. The number of aliphatic hydroxyl groups is 1. The van der Waals surface area contributed by atoms with Gasteiger partial charge in [0.1, 0.15) is 17.7 Å². The number of aliphatic hydroxyl groups excluding tert-OH is 1. The van der Waals surface area contributed by atoms with E-state index in [1.807, 2.05) is 0 Å². The number of amides is 1. The van der Waals surface area contributed by atoms with Gasteiger partial charge in [0, 0.05) is 24.0 Å². The fourth-order valence-electron chi connectivity index (χ4n) is 3.94. The number of halogens is 4. The minimum atomic E-state index is -4.61. The topological polar surface area (TPSA) is 78.5 Å². The van der Waals surface area contributed by atoms with Crippen molar-refractivity contribution in [2.75, 3.05) is 12.0 Å². The van der Waals surface area contributed by atoms with Crippen LogP contribution < -0.4 is 9.64 Å². The summed E-state index contributed by atoms with van der Waals surface area (Å²) in [4.78, 5) is 21.3. The third-order valence-electron chi connectivity index (χ3n) is 5.48. The molecule has 6 nitrogen and oxygen atoms in total. The first kappa shape index (κ1) is 23.6. The molecule has 170 valence electrons. The second-order valence-electron chi connectivity index (χ2n) is 7.29. The van der Waals surface area contributed by atoms with Crippen molar-refractivity contribution in [3.05, 3.63) is 77.4 Å². The lowest BCUT2D eigenvalue weighted by Crippen LogP contribution is -2.40. The molecule has 4 rings (SSSR count). The Hall–Kier alpha value is -3.04. The second kappa shape index (κ2) is 9.22. The number of carbonyl (C=O) groups is 1. The molecule has 10 heteroatoms. The van der Waals surface area contributed by atoms with E-state index in [1.165, 1.54) is 25.4 Å². The summed E-state index contributed by atoms with van der Waals surface area (Å²) in [6.07, 6.45) is -3.25. The number of ether oxygens (including phenoxy) is 1. The summed E-state index contributed by atoms with van der Waals surface area (Å²) >= 11 is 0. The molecule has 0 saturated carbocycles.